The third-order valence-electron chi connectivity index (χ3n) is 0.500. The molecule has 170 valence electrons. The van der Waals surface area contributed by atoms with Gasteiger partial charge in [-0.2, -0.15) is 0 Å². The van der Waals surface area contributed by atoms with Gasteiger partial charge < -0.3 is 0 Å². The van der Waals surface area contributed by atoms with Gasteiger partial charge in [0.15, 0.2) is 0 Å². The fraction of sp³-hybridized carbons (Fsp3) is 1.00. The Bertz CT molecular complexity index is 28.6. The highest BCUT2D eigenvalue weighted by molar-refractivity contribution is 4.12. The largest absolute Gasteiger partial charge is 0.0776 e. The van der Waals surface area contributed by atoms with Gasteiger partial charge in [-0.05, 0) is 0 Å². The average molecular weight is 371 g/mol. The quantitative estimate of drug-likeness (QED) is 0.430. The number of hydrogen-bond acceptors (Lipinski definition) is 0. The molecule has 0 radical (unpaired) electrons. The van der Waals surface area contributed by atoms with Crippen molar-refractivity contribution in [2.75, 3.05) is 0 Å². The van der Waals surface area contributed by atoms with Gasteiger partial charge in [0.05, 0.1) is 0 Å². The van der Waals surface area contributed by atoms with E-state index in [1.165, 1.54) is 12.8 Å². The molecule has 0 aliphatic heterocycles. The van der Waals surface area contributed by atoms with E-state index in [9.17, 15) is 0 Å². The van der Waals surface area contributed by atoms with Gasteiger partial charge in [-0.15, -0.1) is 0 Å². The first-order valence-electron chi connectivity index (χ1n) is 12.7. The predicted molar refractivity (Wildman–Crippen MR) is 138 cm³/mol. The maximum Gasteiger partial charge on any atom is 0.0194 e. The van der Waals surface area contributed by atoms with Gasteiger partial charge >= 0.3 is 0 Å². The minimum Gasteiger partial charge on any atom is -0.0776 e. The van der Waals surface area contributed by atoms with Gasteiger partial charge in [-0.25, -0.2) is 0 Å². The molecule has 0 spiro atoms. The SMILES string of the molecule is C.C.CC.CC.CC.CC.CC.CC.CC.CC.CCCC.[3H]C[3H].[3H]C[3H]. The van der Waals surface area contributed by atoms with Crippen LogP contribution in [0.15, 0.2) is 0 Å². The summed E-state index contributed by atoms with van der Waals surface area (Å²) in [5.74, 6) is 0. The molecule has 0 unspecified atom stereocenters. The molecule has 0 aromatic rings. The van der Waals surface area contributed by atoms with Crippen LogP contribution in [0.2, 0.25) is 0 Å². The summed E-state index contributed by atoms with van der Waals surface area (Å²) in [6.07, 6.45) is 2.64. The lowest BCUT2D eigenvalue weighted by Gasteiger charge is -1.68. The van der Waals surface area contributed by atoms with Crippen LogP contribution in [-0.4, -0.2) is 0 Å². The lowest BCUT2D eigenvalue weighted by Crippen LogP contribution is -1.47. The van der Waals surface area contributed by atoms with Crippen molar-refractivity contribution in [1.82, 2.24) is 0 Å². The molecular weight excluding hydrogens is 288 g/mol. The number of unbranched alkanes of at least 4 members (excludes halogenated alkanes) is 1. The fourth-order valence-corrected chi connectivity index (χ4v) is 0. The van der Waals surface area contributed by atoms with Crippen molar-refractivity contribution in [2.24, 2.45) is 0 Å². The van der Waals surface area contributed by atoms with Crippen LogP contribution in [0.25, 0.3) is 0 Å². The summed E-state index contributed by atoms with van der Waals surface area (Å²) in [7, 11) is -0.500. The molecule has 0 saturated carbocycles. The molecule has 0 fully saturated rings. The summed E-state index contributed by atoms with van der Waals surface area (Å²) in [5, 5.41) is 0. The zero-order valence-corrected chi connectivity index (χ0v) is 20.8. The minimum atomic E-state index is -0.250. The molecule has 0 aromatic carbocycles. The number of rotatable bonds is 1. The van der Waals surface area contributed by atoms with Crippen LogP contribution in [0.1, 0.15) is 173 Å². The molecule has 0 aliphatic carbocycles. The molecule has 0 rings (SSSR count). The van der Waals surface area contributed by atoms with Crippen LogP contribution >= 0.6 is 0 Å². The van der Waals surface area contributed by atoms with Crippen molar-refractivity contribution in [1.29, 1.82) is 0 Å². The average Bonchev–Trinajstić information content (AvgIpc) is 2.80. The Labute approximate surface area is 173 Å². The Morgan fingerprint density at radius 2 is 0.417 bits per heavy atom. The zero-order valence-electron chi connectivity index (χ0n) is 24.8. The summed E-state index contributed by atoms with van der Waals surface area (Å²) < 4.78 is 23.5. The molecule has 0 heterocycles. The summed E-state index contributed by atoms with van der Waals surface area (Å²) >= 11 is 0. The van der Waals surface area contributed by atoms with E-state index in [0.29, 0.717) is 0 Å². The first kappa shape index (κ1) is 56.4. The molecule has 0 aliphatic rings. The lowest BCUT2D eigenvalue weighted by atomic mass is 10.4. The van der Waals surface area contributed by atoms with Crippen LogP contribution < -0.4 is 0 Å². The van der Waals surface area contributed by atoms with Gasteiger partial charge in [0, 0.05) is 5.48 Å². The van der Waals surface area contributed by atoms with Gasteiger partial charge in [0.2, 0.25) is 0 Å². The van der Waals surface area contributed by atoms with Crippen molar-refractivity contribution >= 4 is 0 Å². The molecule has 0 atom stereocenters. The van der Waals surface area contributed by atoms with E-state index in [-0.39, 0.29) is 29.6 Å². The van der Waals surface area contributed by atoms with E-state index >= 15 is 0 Å². The summed E-state index contributed by atoms with van der Waals surface area (Å²) in [6, 6.07) is 0. The van der Waals surface area contributed by atoms with Crippen LogP contribution in [0, 0.1) is 0 Å². The van der Waals surface area contributed by atoms with Gasteiger partial charge in [-0.3, -0.25) is 0 Å². The first-order valence-corrected chi connectivity index (χ1v) is 9.91. The summed E-state index contributed by atoms with van der Waals surface area (Å²) in [5.41, 5.74) is 0. The Balaban J connectivity index is -0.00000000808. The van der Waals surface area contributed by atoms with E-state index in [4.69, 9.17) is 5.48 Å². The van der Waals surface area contributed by atoms with Crippen molar-refractivity contribution in [2.45, 2.75) is 167 Å². The minimum absolute atomic E-state index is 0. The predicted octanol–water partition coefficient (Wildman–Crippen LogP) is 12.6. The Morgan fingerprint density at radius 3 is 0.417 bits per heavy atom. The van der Waals surface area contributed by atoms with E-state index in [2.05, 4.69) is 13.8 Å². The Kier molecular flexibility index (Phi) is 6540. The smallest absolute Gasteiger partial charge is 0.0194 e. The van der Waals surface area contributed by atoms with E-state index < -0.39 is 0 Å². The molecule has 0 N–H and O–H groups in total. The molecule has 0 heteroatoms. The monoisotopic (exact) mass is 371 g/mol. The Morgan fingerprint density at radius 1 is 0.375 bits per heavy atom. The standard InChI is InChI=1S/C4H10.8C2H6.4CH4/c1-3-4-2;8*1-2;;;;/h3-4H2,1-2H3;8*1-2H3;4*1H4/i;;;;;;;;;2*1T2;;. The summed E-state index contributed by atoms with van der Waals surface area (Å²) in [6.45, 7) is 36.4. The van der Waals surface area contributed by atoms with Crippen LogP contribution in [0.4, 0.5) is 0 Å². The highest BCUT2D eigenvalue weighted by Gasteiger charge is 1.56. The molecule has 0 amide bonds. The molecule has 0 saturated heterocycles. The Hall–Kier alpha value is 0. The van der Waals surface area contributed by atoms with Crippen molar-refractivity contribution < 1.29 is 5.48 Å². The lowest BCUT2D eigenvalue weighted by molar-refractivity contribution is 0.886. The third kappa shape index (κ3) is 9700. The van der Waals surface area contributed by atoms with Crippen molar-refractivity contribution in [3.05, 3.63) is 0 Å². The summed E-state index contributed by atoms with van der Waals surface area (Å²) in [4.78, 5) is 0. The van der Waals surface area contributed by atoms with Gasteiger partial charge in [0.1, 0.15) is 0 Å². The van der Waals surface area contributed by atoms with E-state index in [1.54, 1.807) is 0 Å². The normalized spacial score (nSPS) is 4.92. The van der Waals surface area contributed by atoms with Crippen LogP contribution in [-0.2, 0) is 0 Å². The highest BCUT2D eigenvalue weighted by atomic mass is 13.6. The van der Waals surface area contributed by atoms with Crippen LogP contribution in [0.3, 0.4) is 0 Å². The van der Waals surface area contributed by atoms with Gasteiger partial charge in [-0.1, -0.05) is 167 Å². The van der Waals surface area contributed by atoms with Crippen LogP contribution in [0.5, 0.6) is 0 Å². The van der Waals surface area contributed by atoms with Crippen molar-refractivity contribution in [3.63, 3.8) is 0 Å². The van der Waals surface area contributed by atoms with Gasteiger partial charge in [0.25, 0.3) is 0 Å². The zero-order chi connectivity index (χ0) is 24.8. The third-order valence-corrected chi connectivity index (χ3v) is 0.500. The second-order valence-electron chi connectivity index (χ2n) is 1.000. The highest BCUT2D eigenvalue weighted by Crippen LogP contribution is 1.76. The second-order valence-corrected chi connectivity index (χ2v) is 1.000. The number of hydrogen-bond donors (Lipinski definition) is 0. The second kappa shape index (κ2) is 2780. The van der Waals surface area contributed by atoms with E-state index in [1.807, 2.05) is 111 Å². The topological polar surface area (TPSA) is 0 Å². The molecule has 0 bridgehead atoms. The molecule has 0 nitrogen and oxygen atoms in total. The fourth-order valence-electron chi connectivity index (χ4n) is 0. The first-order chi connectivity index (χ1) is 12.7. The molecule has 24 heavy (non-hydrogen) atoms. The van der Waals surface area contributed by atoms with E-state index in [0.717, 1.165) is 0 Å². The molecular formula is C24H74. The maximum absolute atomic E-state index is 5.88. The maximum atomic E-state index is 5.88. The molecule has 0 aromatic heterocycles. The van der Waals surface area contributed by atoms with Crippen molar-refractivity contribution in [3.8, 4) is 0 Å².